The number of hydrogen-bond donors (Lipinski definition) is 1. The number of rotatable bonds is 2. The summed E-state index contributed by atoms with van der Waals surface area (Å²) in [5, 5.41) is 12.2. The van der Waals surface area contributed by atoms with E-state index in [2.05, 4.69) is 33.9 Å². The van der Waals surface area contributed by atoms with Crippen LogP contribution in [-0.4, -0.2) is 27.9 Å². The second-order valence-electron chi connectivity index (χ2n) is 6.30. The summed E-state index contributed by atoms with van der Waals surface area (Å²) in [6, 6.07) is 0.455. The monoisotopic (exact) mass is 248 g/mol. The molecule has 0 bridgehead atoms. The molecule has 1 saturated heterocycles. The molecule has 1 aromatic heterocycles. The smallest absolute Gasteiger partial charge is 0.138 e. The first-order valence-corrected chi connectivity index (χ1v) is 7.33. The Morgan fingerprint density at radius 3 is 2.83 bits per heavy atom. The van der Waals surface area contributed by atoms with Crippen molar-refractivity contribution in [1.29, 1.82) is 0 Å². The van der Waals surface area contributed by atoms with Crippen LogP contribution in [0.15, 0.2) is 6.33 Å². The predicted octanol–water partition coefficient (Wildman–Crippen LogP) is 2.50. The lowest BCUT2D eigenvalue weighted by Crippen LogP contribution is -2.32. The Bertz CT molecular complexity index is 404. The molecule has 1 saturated carbocycles. The molecule has 4 nitrogen and oxygen atoms in total. The first-order chi connectivity index (χ1) is 8.73. The van der Waals surface area contributed by atoms with Crippen LogP contribution in [0.4, 0.5) is 0 Å². The third kappa shape index (κ3) is 1.87. The van der Waals surface area contributed by atoms with Crippen LogP contribution in [0.3, 0.4) is 0 Å². The Kier molecular flexibility index (Phi) is 3.14. The third-order valence-corrected chi connectivity index (χ3v) is 4.88. The van der Waals surface area contributed by atoms with E-state index in [1.54, 1.807) is 0 Å². The number of nitrogens with zero attached hydrogens (tertiary/aromatic N) is 3. The maximum atomic E-state index is 4.44. The Labute approximate surface area is 109 Å². The summed E-state index contributed by atoms with van der Waals surface area (Å²) in [7, 11) is 0. The molecule has 2 heterocycles. The normalized spacial score (nSPS) is 27.2. The molecule has 2 fully saturated rings. The number of nitrogens with one attached hydrogen (secondary N) is 1. The Balaban J connectivity index is 1.92. The average molecular weight is 248 g/mol. The van der Waals surface area contributed by atoms with E-state index in [9.17, 15) is 0 Å². The summed E-state index contributed by atoms with van der Waals surface area (Å²) in [5.41, 5.74) is 0.456. The lowest BCUT2D eigenvalue weighted by Gasteiger charge is -2.38. The van der Waals surface area contributed by atoms with Gasteiger partial charge in [-0.05, 0) is 32.1 Å². The van der Waals surface area contributed by atoms with Gasteiger partial charge in [-0.15, -0.1) is 10.2 Å². The zero-order valence-electron chi connectivity index (χ0n) is 11.5. The van der Waals surface area contributed by atoms with E-state index in [0.29, 0.717) is 17.4 Å². The molecule has 1 aliphatic carbocycles. The lowest BCUT2D eigenvalue weighted by molar-refractivity contribution is 0.181. The first-order valence-electron chi connectivity index (χ1n) is 7.33. The maximum Gasteiger partial charge on any atom is 0.138 e. The van der Waals surface area contributed by atoms with Gasteiger partial charge in [-0.3, -0.25) is 0 Å². The van der Waals surface area contributed by atoms with Gasteiger partial charge in [0.25, 0.3) is 0 Å². The largest absolute Gasteiger partial charge is 0.315 e. The summed E-state index contributed by atoms with van der Waals surface area (Å²) < 4.78 is 2.26. The average Bonchev–Trinajstić information content (AvgIpc) is 2.96. The van der Waals surface area contributed by atoms with Gasteiger partial charge in [-0.25, -0.2) is 0 Å². The van der Waals surface area contributed by atoms with Crippen LogP contribution in [0.2, 0.25) is 0 Å². The summed E-state index contributed by atoms with van der Waals surface area (Å²) in [6.07, 6.45) is 8.79. The van der Waals surface area contributed by atoms with Crippen molar-refractivity contribution in [3.05, 3.63) is 12.2 Å². The van der Waals surface area contributed by atoms with Crippen molar-refractivity contribution in [1.82, 2.24) is 20.1 Å². The van der Waals surface area contributed by atoms with Crippen LogP contribution < -0.4 is 5.32 Å². The molecule has 100 valence electrons. The molecule has 18 heavy (non-hydrogen) atoms. The Morgan fingerprint density at radius 1 is 1.33 bits per heavy atom. The zero-order chi connectivity index (χ0) is 12.6. The summed E-state index contributed by atoms with van der Waals surface area (Å²) in [4.78, 5) is 0. The van der Waals surface area contributed by atoms with Gasteiger partial charge in [0.1, 0.15) is 12.2 Å². The van der Waals surface area contributed by atoms with Crippen LogP contribution in [0.1, 0.15) is 63.7 Å². The van der Waals surface area contributed by atoms with E-state index in [1.165, 1.54) is 44.5 Å². The van der Waals surface area contributed by atoms with E-state index in [0.717, 1.165) is 6.54 Å². The Hall–Kier alpha value is -0.900. The van der Waals surface area contributed by atoms with Crippen molar-refractivity contribution >= 4 is 0 Å². The van der Waals surface area contributed by atoms with Crippen LogP contribution in [0, 0.1) is 5.41 Å². The quantitative estimate of drug-likeness (QED) is 0.874. The molecular formula is C14H24N4. The van der Waals surface area contributed by atoms with Crippen molar-refractivity contribution in [3.63, 3.8) is 0 Å². The van der Waals surface area contributed by atoms with Crippen LogP contribution in [0.25, 0.3) is 0 Å². The highest BCUT2D eigenvalue weighted by Gasteiger charge is 2.46. The van der Waals surface area contributed by atoms with E-state index in [4.69, 9.17) is 0 Å². The van der Waals surface area contributed by atoms with E-state index in [1.807, 2.05) is 6.33 Å². The molecule has 0 amide bonds. The van der Waals surface area contributed by atoms with Gasteiger partial charge in [0.05, 0.1) is 0 Å². The SMILES string of the molecule is CC(C)n1cnnc1C1CNCC12CCCCC2. The van der Waals surface area contributed by atoms with Gasteiger partial charge in [0.2, 0.25) is 0 Å². The lowest BCUT2D eigenvalue weighted by atomic mass is 9.67. The summed E-state index contributed by atoms with van der Waals surface area (Å²) in [5.74, 6) is 1.76. The molecule has 1 aliphatic heterocycles. The molecular weight excluding hydrogens is 224 g/mol. The van der Waals surface area contributed by atoms with Crippen LogP contribution >= 0.6 is 0 Å². The second kappa shape index (κ2) is 4.65. The predicted molar refractivity (Wildman–Crippen MR) is 71.5 cm³/mol. The second-order valence-corrected chi connectivity index (χ2v) is 6.30. The highest BCUT2D eigenvalue weighted by atomic mass is 15.3. The molecule has 1 atom stereocenters. The summed E-state index contributed by atoms with van der Waals surface area (Å²) >= 11 is 0. The van der Waals surface area contributed by atoms with Crippen molar-refractivity contribution in [3.8, 4) is 0 Å². The molecule has 1 spiro atoms. The van der Waals surface area contributed by atoms with Crippen LogP contribution in [0.5, 0.6) is 0 Å². The maximum absolute atomic E-state index is 4.44. The topological polar surface area (TPSA) is 42.7 Å². The summed E-state index contributed by atoms with van der Waals surface area (Å²) in [6.45, 7) is 6.67. The van der Waals surface area contributed by atoms with Gasteiger partial charge in [0, 0.05) is 25.0 Å². The minimum absolute atomic E-state index is 0.455. The van der Waals surface area contributed by atoms with Gasteiger partial charge >= 0.3 is 0 Å². The fraction of sp³-hybridized carbons (Fsp3) is 0.857. The fourth-order valence-corrected chi connectivity index (χ4v) is 3.85. The van der Waals surface area contributed by atoms with Crippen molar-refractivity contribution < 1.29 is 0 Å². The molecule has 4 heteroatoms. The van der Waals surface area contributed by atoms with Gasteiger partial charge in [-0.1, -0.05) is 19.3 Å². The molecule has 0 radical (unpaired) electrons. The van der Waals surface area contributed by atoms with E-state index >= 15 is 0 Å². The zero-order valence-corrected chi connectivity index (χ0v) is 11.5. The highest BCUT2D eigenvalue weighted by molar-refractivity contribution is 5.12. The van der Waals surface area contributed by atoms with Crippen molar-refractivity contribution in [2.24, 2.45) is 5.41 Å². The first kappa shape index (κ1) is 12.2. The number of aromatic nitrogens is 3. The Morgan fingerprint density at radius 2 is 2.11 bits per heavy atom. The van der Waals surface area contributed by atoms with Gasteiger partial charge in [0.15, 0.2) is 0 Å². The molecule has 1 N–H and O–H groups in total. The van der Waals surface area contributed by atoms with Gasteiger partial charge < -0.3 is 9.88 Å². The highest BCUT2D eigenvalue weighted by Crippen LogP contribution is 2.49. The van der Waals surface area contributed by atoms with E-state index < -0.39 is 0 Å². The minimum atomic E-state index is 0.455. The molecule has 3 rings (SSSR count). The van der Waals surface area contributed by atoms with Crippen molar-refractivity contribution in [2.45, 2.75) is 57.9 Å². The van der Waals surface area contributed by atoms with E-state index in [-0.39, 0.29) is 0 Å². The third-order valence-electron chi connectivity index (χ3n) is 4.88. The van der Waals surface area contributed by atoms with Crippen molar-refractivity contribution in [2.75, 3.05) is 13.1 Å². The molecule has 2 aliphatic rings. The molecule has 1 unspecified atom stereocenters. The minimum Gasteiger partial charge on any atom is -0.315 e. The fourth-order valence-electron chi connectivity index (χ4n) is 3.85. The standard InChI is InChI=1S/C14H24N4/c1-11(2)18-10-16-17-13(18)12-8-15-9-14(12)6-4-3-5-7-14/h10-12,15H,3-9H2,1-2H3. The molecule has 0 aromatic carbocycles. The van der Waals surface area contributed by atoms with Gasteiger partial charge in [-0.2, -0.15) is 0 Å². The molecule has 1 aromatic rings. The van der Waals surface area contributed by atoms with Crippen LogP contribution in [-0.2, 0) is 0 Å². The number of hydrogen-bond acceptors (Lipinski definition) is 3.